The maximum Gasteiger partial charge on any atom is 0.206 e. The Balaban J connectivity index is 1.72. The van der Waals surface area contributed by atoms with Gasteiger partial charge in [0.2, 0.25) is 9.84 Å². The molecule has 2 aromatic rings. The smallest absolute Gasteiger partial charge is 0.206 e. The SMILES string of the molecule is CN1CCC2Nc3ccc(S(=O)(=O)c4ccc(F)c(F)c4)cc3[C@@H]2CC1. The standard InChI is InChI=1S/C19H20F2N2O2S/c1-23-8-6-14-15-10-12(3-5-18(15)22-19(14)7-9-23)26(24,25)13-2-4-16(20)17(21)11-13/h2-5,10-11,14,19,22H,6-9H2,1H3/t14-,19?/m0/s1. The summed E-state index contributed by atoms with van der Waals surface area (Å²) < 4.78 is 52.4. The Morgan fingerprint density at radius 2 is 1.69 bits per heavy atom. The van der Waals surface area contributed by atoms with Crippen molar-refractivity contribution >= 4 is 15.5 Å². The molecule has 1 N–H and O–H groups in total. The molecule has 26 heavy (non-hydrogen) atoms. The number of benzene rings is 2. The van der Waals surface area contributed by atoms with E-state index in [-0.39, 0.29) is 15.7 Å². The van der Waals surface area contributed by atoms with E-state index in [2.05, 4.69) is 17.3 Å². The molecule has 0 amide bonds. The Labute approximate surface area is 151 Å². The van der Waals surface area contributed by atoms with Crippen LogP contribution < -0.4 is 5.32 Å². The van der Waals surface area contributed by atoms with Gasteiger partial charge in [-0.25, -0.2) is 17.2 Å². The lowest BCUT2D eigenvalue weighted by Crippen LogP contribution is -2.22. The second-order valence-corrected chi connectivity index (χ2v) is 9.02. The molecule has 0 aromatic heterocycles. The topological polar surface area (TPSA) is 49.4 Å². The van der Waals surface area contributed by atoms with Gasteiger partial charge < -0.3 is 10.2 Å². The summed E-state index contributed by atoms with van der Waals surface area (Å²) in [5.41, 5.74) is 1.96. The molecular formula is C19H20F2N2O2S. The molecule has 2 atom stereocenters. The molecule has 0 aliphatic carbocycles. The fraction of sp³-hybridized carbons (Fsp3) is 0.368. The van der Waals surface area contributed by atoms with E-state index in [0.29, 0.717) is 6.04 Å². The lowest BCUT2D eigenvalue weighted by Gasteiger charge is -2.16. The summed E-state index contributed by atoms with van der Waals surface area (Å²) in [6, 6.07) is 7.97. The molecule has 0 radical (unpaired) electrons. The molecule has 1 fully saturated rings. The first-order valence-electron chi connectivity index (χ1n) is 8.65. The van der Waals surface area contributed by atoms with Gasteiger partial charge in [0.1, 0.15) is 0 Å². The summed E-state index contributed by atoms with van der Waals surface area (Å²) in [6.07, 6.45) is 1.96. The Kier molecular flexibility index (Phi) is 4.23. The highest BCUT2D eigenvalue weighted by molar-refractivity contribution is 7.91. The molecule has 0 spiro atoms. The summed E-state index contributed by atoms with van der Waals surface area (Å²) in [4.78, 5) is 2.16. The molecular weight excluding hydrogens is 358 g/mol. The number of nitrogens with zero attached hydrogens (tertiary/aromatic N) is 1. The van der Waals surface area contributed by atoms with Gasteiger partial charge in [0, 0.05) is 17.6 Å². The van der Waals surface area contributed by atoms with E-state index in [1.54, 1.807) is 12.1 Å². The molecule has 4 nitrogen and oxygen atoms in total. The second kappa shape index (κ2) is 6.32. The van der Waals surface area contributed by atoms with Gasteiger partial charge in [-0.15, -0.1) is 0 Å². The third-order valence-corrected chi connectivity index (χ3v) is 7.15. The Morgan fingerprint density at radius 1 is 1.00 bits per heavy atom. The fourth-order valence-electron chi connectivity index (χ4n) is 3.90. The van der Waals surface area contributed by atoms with Crippen LogP contribution in [0.3, 0.4) is 0 Å². The highest BCUT2D eigenvalue weighted by Gasteiger charge is 2.35. The minimum absolute atomic E-state index is 0.113. The van der Waals surface area contributed by atoms with Gasteiger partial charge in [0.15, 0.2) is 11.6 Å². The van der Waals surface area contributed by atoms with Crippen molar-refractivity contribution in [3.63, 3.8) is 0 Å². The van der Waals surface area contributed by atoms with Gasteiger partial charge in [-0.3, -0.25) is 0 Å². The lowest BCUT2D eigenvalue weighted by atomic mass is 9.91. The van der Waals surface area contributed by atoms with Crippen LogP contribution in [0.15, 0.2) is 46.2 Å². The third-order valence-electron chi connectivity index (χ3n) is 5.40. The summed E-state index contributed by atoms with van der Waals surface area (Å²) >= 11 is 0. The summed E-state index contributed by atoms with van der Waals surface area (Å²) in [5.74, 6) is -1.97. The van der Waals surface area contributed by atoms with Crippen LogP contribution in [0.2, 0.25) is 0 Å². The van der Waals surface area contributed by atoms with Crippen LogP contribution in [0.4, 0.5) is 14.5 Å². The fourth-order valence-corrected chi connectivity index (χ4v) is 5.21. The summed E-state index contributed by atoms with van der Waals surface area (Å²) in [6.45, 7) is 1.96. The highest BCUT2D eigenvalue weighted by atomic mass is 32.2. The maximum atomic E-state index is 13.5. The minimum Gasteiger partial charge on any atom is -0.381 e. The number of fused-ring (bicyclic) bond motifs is 3. The highest BCUT2D eigenvalue weighted by Crippen LogP contribution is 2.42. The number of rotatable bonds is 2. The predicted octanol–water partition coefficient (Wildman–Crippen LogP) is 3.40. The van der Waals surface area contributed by atoms with E-state index in [4.69, 9.17) is 0 Å². The van der Waals surface area contributed by atoms with Crippen LogP contribution in [0.25, 0.3) is 0 Å². The minimum atomic E-state index is -3.90. The van der Waals surface area contributed by atoms with Crippen molar-refractivity contribution in [3.8, 4) is 0 Å². The van der Waals surface area contributed by atoms with Gasteiger partial charge >= 0.3 is 0 Å². The molecule has 2 aliphatic rings. The van der Waals surface area contributed by atoms with Crippen LogP contribution in [0, 0.1) is 11.6 Å². The number of likely N-dealkylation sites (tertiary alicyclic amines) is 1. The van der Waals surface area contributed by atoms with E-state index in [1.807, 2.05) is 0 Å². The number of sulfone groups is 1. The monoisotopic (exact) mass is 378 g/mol. The first-order valence-corrected chi connectivity index (χ1v) is 10.1. The average Bonchev–Trinajstić information content (AvgIpc) is 2.86. The van der Waals surface area contributed by atoms with Crippen LogP contribution in [-0.2, 0) is 9.84 Å². The van der Waals surface area contributed by atoms with E-state index in [1.165, 1.54) is 6.07 Å². The molecule has 7 heteroatoms. The van der Waals surface area contributed by atoms with E-state index in [9.17, 15) is 17.2 Å². The maximum absolute atomic E-state index is 13.5. The van der Waals surface area contributed by atoms with Crippen molar-refractivity contribution in [2.75, 3.05) is 25.5 Å². The lowest BCUT2D eigenvalue weighted by molar-refractivity contribution is 0.346. The van der Waals surface area contributed by atoms with E-state index in [0.717, 1.165) is 55.4 Å². The van der Waals surface area contributed by atoms with Crippen LogP contribution in [0.5, 0.6) is 0 Å². The molecule has 138 valence electrons. The van der Waals surface area contributed by atoms with Crippen LogP contribution in [-0.4, -0.2) is 39.5 Å². The molecule has 1 saturated heterocycles. The van der Waals surface area contributed by atoms with Crippen LogP contribution >= 0.6 is 0 Å². The van der Waals surface area contributed by atoms with Crippen molar-refractivity contribution < 1.29 is 17.2 Å². The molecule has 2 heterocycles. The molecule has 0 bridgehead atoms. The molecule has 2 aromatic carbocycles. The molecule has 0 saturated carbocycles. The first kappa shape index (κ1) is 17.4. The Morgan fingerprint density at radius 3 is 2.46 bits per heavy atom. The van der Waals surface area contributed by atoms with Crippen molar-refractivity contribution in [1.82, 2.24) is 4.90 Å². The molecule has 1 unspecified atom stereocenters. The van der Waals surface area contributed by atoms with Gasteiger partial charge in [0.05, 0.1) is 9.79 Å². The van der Waals surface area contributed by atoms with E-state index < -0.39 is 21.5 Å². The second-order valence-electron chi connectivity index (χ2n) is 7.07. The normalized spacial score (nSPS) is 23.0. The summed E-state index contributed by atoms with van der Waals surface area (Å²) in [7, 11) is -1.81. The van der Waals surface area contributed by atoms with Crippen molar-refractivity contribution in [2.45, 2.75) is 34.6 Å². The number of hydrogen-bond donors (Lipinski definition) is 1. The average molecular weight is 378 g/mol. The van der Waals surface area contributed by atoms with Crippen molar-refractivity contribution in [3.05, 3.63) is 53.6 Å². The Bertz CT molecular complexity index is 962. The van der Waals surface area contributed by atoms with Gasteiger partial charge in [-0.05, 0) is 74.9 Å². The van der Waals surface area contributed by atoms with E-state index >= 15 is 0 Å². The predicted molar refractivity (Wildman–Crippen MR) is 95.1 cm³/mol. The number of hydrogen-bond acceptors (Lipinski definition) is 4. The first-order chi connectivity index (χ1) is 12.4. The number of anilines is 1. The molecule has 2 aliphatic heterocycles. The quantitative estimate of drug-likeness (QED) is 0.814. The zero-order valence-electron chi connectivity index (χ0n) is 14.4. The zero-order valence-corrected chi connectivity index (χ0v) is 15.2. The summed E-state index contributed by atoms with van der Waals surface area (Å²) in [5, 5.41) is 3.50. The van der Waals surface area contributed by atoms with Gasteiger partial charge in [-0.2, -0.15) is 0 Å². The zero-order chi connectivity index (χ0) is 18.5. The van der Waals surface area contributed by atoms with Crippen molar-refractivity contribution in [1.29, 1.82) is 0 Å². The molecule has 4 rings (SSSR count). The third kappa shape index (κ3) is 2.89. The van der Waals surface area contributed by atoms with Crippen LogP contribution in [0.1, 0.15) is 24.3 Å². The van der Waals surface area contributed by atoms with Crippen molar-refractivity contribution in [2.24, 2.45) is 0 Å². The largest absolute Gasteiger partial charge is 0.381 e. The Hall–Kier alpha value is -1.99. The van der Waals surface area contributed by atoms with Gasteiger partial charge in [0.25, 0.3) is 0 Å². The number of halogens is 2. The number of nitrogens with one attached hydrogen (secondary N) is 1. The van der Waals surface area contributed by atoms with Gasteiger partial charge in [-0.1, -0.05) is 0 Å².